The molecule has 3 heterocycles. The van der Waals surface area contributed by atoms with Crippen molar-refractivity contribution in [2.24, 2.45) is 11.3 Å². The Kier molecular flexibility index (Phi) is 3.69. The Morgan fingerprint density at radius 2 is 2.13 bits per heavy atom. The fraction of sp³-hybridized carbons (Fsp3) is 0.647. The summed E-state index contributed by atoms with van der Waals surface area (Å²) in [6.45, 7) is 2.05. The van der Waals surface area contributed by atoms with Crippen LogP contribution in [0.15, 0.2) is 6.07 Å². The summed E-state index contributed by atoms with van der Waals surface area (Å²) in [5.74, 6) is -0.718. The first kappa shape index (κ1) is 15.1. The Morgan fingerprint density at radius 3 is 2.91 bits per heavy atom. The Hall–Kier alpha value is -1.40. The summed E-state index contributed by atoms with van der Waals surface area (Å²) in [5.41, 5.74) is 0.550. The van der Waals surface area contributed by atoms with Gasteiger partial charge in [-0.25, -0.2) is 0 Å². The Labute approximate surface area is 139 Å². The fourth-order valence-electron chi connectivity index (χ4n) is 4.31. The van der Waals surface area contributed by atoms with Crippen molar-refractivity contribution in [3.8, 4) is 0 Å². The van der Waals surface area contributed by atoms with Crippen molar-refractivity contribution in [2.45, 2.75) is 32.1 Å². The molecule has 2 saturated heterocycles. The molecule has 0 saturated carbocycles. The maximum absolute atomic E-state index is 12.9. The van der Waals surface area contributed by atoms with Gasteiger partial charge in [0.05, 0.1) is 4.88 Å². The summed E-state index contributed by atoms with van der Waals surface area (Å²) in [4.78, 5) is 28.5. The lowest BCUT2D eigenvalue weighted by Gasteiger charge is -2.22. The van der Waals surface area contributed by atoms with Crippen molar-refractivity contribution in [3.05, 3.63) is 21.4 Å². The summed E-state index contributed by atoms with van der Waals surface area (Å²) in [6.07, 6.45) is 5.84. The van der Waals surface area contributed by atoms with Gasteiger partial charge in [0, 0.05) is 37.0 Å². The number of carbonyl (C=O) groups excluding carboxylic acids is 1. The molecule has 1 aliphatic carbocycles. The molecule has 4 rings (SSSR count). The van der Waals surface area contributed by atoms with E-state index in [1.807, 2.05) is 0 Å². The summed E-state index contributed by atoms with van der Waals surface area (Å²) < 4.78 is 0. The third-order valence-electron chi connectivity index (χ3n) is 5.70. The second-order valence-corrected chi connectivity index (χ2v) is 8.23. The zero-order valence-corrected chi connectivity index (χ0v) is 14.0. The standard InChI is InChI=1S/C17H22N2O3S/c20-15(14-6-11-4-2-1-3-5-13(11)23-14)19-8-12-7-18-9-17(12,10-19)16(21)22/h6,12,18H,1-5,7-10H2,(H,21,22)/t12-,17-/m0/s1. The van der Waals surface area contributed by atoms with Crippen molar-refractivity contribution < 1.29 is 14.7 Å². The van der Waals surface area contributed by atoms with Crippen LogP contribution >= 0.6 is 11.3 Å². The first-order valence-electron chi connectivity index (χ1n) is 8.45. The SMILES string of the molecule is O=C(c1cc2c(s1)CCCCC2)N1C[C@@H]2CNC[C@]2(C(=O)O)C1. The van der Waals surface area contributed by atoms with E-state index >= 15 is 0 Å². The average Bonchev–Trinajstić information content (AvgIpc) is 3.15. The van der Waals surface area contributed by atoms with Crippen molar-refractivity contribution in [3.63, 3.8) is 0 Å². The molecule has 2 N–H and O–H groups in total. The molecule has 0 unspecified atom stereocenters. The molecular weight excluding hydrogens is 312 g/mol. The summed E-state index contributed by atoms with van der Waals surface area (Å²) in [5, 5.41) is 12.8. The maximum atomic E-state index is 12.9. The normalized spacial score (nSPS) is 29.9. The van der Waals surface area contributed by atoms with Gasteiger partial charge in [0.2, 0.25) is 0 Å². The first-order valence-corrected chi connectivity index (χ1v) is 9.27. The van der Waals surface area contributed by atoms with E-state index in [4.69, 9.17) is 0 Å². The molecule has 2 atom stereocenters. The molecule has 6 heteroatoms. The lowest BCUT2D eigenvalue weighted by molar-refractivity contribution is -0.148. The largest absolute Gasteiger partial charge is 0.481 e. The molecule has 2 aliphatic heterocycles. The number of likely N-dealkylation sites (tertiary alicyclic amines) is 1. The molecule has 0 bridgehead atoms. The average molecular weight is 334 g/mol. The smallest absolute Gasteiger partial charge is 0.313 e. The van der Waals surface area contributed by atoms with Gasteiger partial charge in [0.25, 0.3) is 5.91 Å². The van der Waals surface area contributed by atoms with E-state index in [2.05, 4.69) is 11.4 Å². The highest BCUT2D eigenvalue weighted by atomic mass is 32.1. The second-order valence-electron chi connectivity index (χ2n) is 7.09. The molecular formula is C17H22N2O3S. The number of nitrogens with zero attached hydrogens (tertiary/aromatic N) is 1. The van der Waals surface area contributed by atoms with E-state index in [-0.39, 0.29) is 11.8 Å². The monoisotopic (exact) mass is 334 g/mol. The highest BCUT2D eigenvalue weighted by Crippen LogP contribution is 2.40. The summed E-state index contributed by atoms with van der Waals surface area (Å²) >= 11 is 1.62. The lowest BCUT2D eigenvalue weighted by atomic mass is 9.81. The van der Waals surface area contributed by atoms with Crippen LogP contribution in [0.4, 0.5) is 0 Å². The molecule has 1 aromatic heterocycles. The predicted molar refractivity (Wildman–Crippen MR) is 87.9 cm³/mol. The number of aliphatic carboxylic acids is 1. The zero-order valence-electron chi connectivity index (χ0n) is 13.1. The molecule has 0 aromatic carbocycles. The van der Waals surface area contributed by atoms with E-state index < -0.39 is 11.4 Å². The summed E-state index contributed by atoms with van der Waals surface area (Å²) in [6, 6.07) is 2.06. The first-order chi connectivity index (χ1) is 11.1. The van der Waals surface area contributed by atoms with E-state index in [1.165, 1.54) is 29.7 Å². The molecule has 2 fully saturated rings. The van der Waals surface area contributed by atoms with Crippen molar-refractivity contribution in [1.29, 1.82) is 0 Å². The number of carboxylic acids is 1. The van der Waals surface area contributed by atoms with Crippen molar-refractivity contribution >= 4 is 23.2 Å². The van der Waals surface area contributed by atoms with Crippen LogP contribution in [-0.4, -0.2) is 48.1 Å². The van der Waals surface area contributed by atoms with Crippen LogP contribution in [0.5, 0.6) is 0 Å². The Bertz CT molecular complexity index is 633. The van der Waals surface area contributed by atoms with Crippen LogP contribution < -0.4 is 5.32 Å². The number of fused-ring (bicyclic) bond motifs is 2. The van der Waals surface area contributed by atoms with Crippen LogP contribution in [0.1, 0.15) is 39.4 Å². The summed E-state index contributed by atoms with van der Waals surface area (Å²) in [7, 11) is 0. The van der Waals surface area contributed by atoms with Gasteiger partial charge in [-0.3, -0.25) is 9.59 Å². The number of hydrogen-bond donors (Lipinski definition) is 2. The second kappa shape index (κ2) is 5.60. The number of aryl methyl sites for hydroxylation is 2. The van der Waals surface area contributed by atoms with Gasteiger partial charge >= 0.3 is 5.97 Å². The number of nitrogens with one attached hydrogen (secondary N) is 1. The fourth-order valence-corrected chi connectivity index (χ4v) is 5.53. The van der Waals surface area contributed by atoms with Crippen LogP contribution in [0.2, 0.25) is 0 Å². The minimum absolute atomic E-state index is 0.0260. The van der Waals surface area contributed by atoms with Gasteiger partial charge in [-0.15, -0.1) is 11.3 Å². The van der Waals surface area contributed by atoms with E-state index in [9.17, 15) is 14.7 Å². The molecule has 0 spiro atoms. The minimum Gasteiger partial charge on any atom is -0.481 e. The van der Waals surface area contributed by atoms with E-state index in [0.717, 1.165) is 17.7 Å². The maximum Gasteiger partial charge on any atom is 0.313 e. The molecule has 1 aromatic rings. The van der Waals surface area contributed by atoms with Crippen LogP contribution in [0.25, 0.3) is 0 Å². The van der Waals surface area contributed by atoms with Crippen LogP contribution in [0.3, 0.4) is 0 Å². The third kappa shape index (κ3) is 2.39. The van der Waals surface area contributed by atoms with Gasteiger partial charge < -0.3 is 15.3 Å². The quantitative estimate of drug-likeness (QED) is 0.809. The van der Waals surface area contributed by atoms with E-state index in [0.29, 0.717) is 26.2 Å². The number of rotatable bonds is 2. The number of hydrogen-bond acceptors (Lipinski definition) is 4. The molecule has 3 aliphatic rings. The molecule has 124 valence electrons. The molecule has 0 radical (unpaired) electrons. The van der Waals surface area contributed by atoms with Gasteiger partial charge in [0.15, 0.2) is 0 Å². The van der Waals surface area contributed by atoms with Crippen molar-refractivity contribution in [1.82, 2.24) is 10.2 Å². The Morgan fingerprint density at radius 1 is 1.30 bits per heavy atom. The predicted octanol–water partition coefficient (Wildman–Crippen LogP) is 1.76. The van der Waals surface area contributed by atoms with Gasteiger partial charge in [-0.05, 0) is 37.3 Å². The highest BCUT2D eigenvalue weighted by Gasteiger charge is 2.56. The van der Waals surface area contributed by atoms with Crippen molar-refractivity contribution in [2.75, 3.05) is 26.2 Å². The van der Waals surface area contributed by atoms with Crippen LogP contribution in [-0.2, 0) is 17.6 Å². The number of carbonyl (C=O) groups is 2. The molecule has 5 nitrogen and oxygen atoms in total. The van der Waals surface area contributed by atoms with Gasteiger partial charge in [0.1, 0.15) is 5.41 Å². The highest BCUT2D eigenvalue weighted by molar-refractivity contribution is 7.14. The van der Waals surface area contributed by atoms with Gasteiger partial charge in [-0.1, -0.05) is 6.42 Å². The number of carboxylic acid groups (broad SMARTS) is 1. The number of amides is 1. The van der Waals surface area contributed by atoms with Crippen LogP contribution in [0, 0.1) is 11.3 Å². The zero-order chi connectivity index (χ0) is 16.0. The lowest BCUT2D eigenvalue weighted by Crippen LogP contribution is -2.41. The minimum atomic E-state index is -0.788. The molecule has 1 amide bonds. The Balaban J connectivity index is 1.55. The molecule has 23 heavy (non-hydrogen) atoms. The van der Waals surface area contributed by atoms with E-state index in [1.54, 1.807) is 16.2 Å². The third-order valence-corrected chi connectivity index (χ3v) is 6.92. The topological polar surface area (TPSA) is 69.6 Å². The number of thiophene rings is 1. The van der Waals surface area contributed by atoms with Gasteiger partial charge in [-0.2, -0.15) is 0 Å².